The first-order valence-electron chi connectivity index (χ1n) is 13.2. The summed E-state index contributed by atoms with van der Waals surface area (Å²) in [5.74, 6) is 1.66. The van der Waals surface area contributed by atoms with Crippen molar-refractivity contribution in [2.75, 3.05) is 36.4 Å². The molecule has 1 saturated heterocycles. The summed E-state index contributed by atoms with van der Waals surface area (Å²) in [7, 11) is 0. The molecule has 1 saturated carbocycles. The van der Waals surface area contributed by atoms with Gasteiger partial charge in [0, 0.05) is 44.0 Å². The molecule has 0 spiro atoms. The van der Waals surface area contributed by atoms with E-state index in [1.807, 2.05) is 45.2 Å². The van der Waals surface area contributed by atoms with E-state index in [0.717, 1.165) is 28.5 Å². The lowest BCUT2D eigenvalue weighted by Crippen LogP contribution is -2.50. The predicted molar refractivity (Wildman–Crippen MR) is 143 cm³/mol. The van der Waals surface area contributed by atoms with Gasteiger partial charge in [0.1, 0.15) is 17.2 Å². The van der Waals surface area contributed by atoms with Crippen LogP contribution in [-0.4, -0.2) is 63.9 Å². The third-order valence-electron chi connectivity index (χ3n) is 6.79. The van der Waals surface area contributed by atoms with Gasteiger partial charge >= 0.3 is 6.09 Å². The Labute approximate surface area is 215 Å². The van der Waals surface area contributed by atoms with Crippen molar-refractivity contribution in [3.63, 3.8) is 0 Å². The highest BCUT2D eigenvalue weighted by molar-refractivity contribution is 5.69. The summed E-state index contributed by atoms with van der Waals surface area (Å²) in [6.07, 6.45) is 7.73. The summed E-state index contributed by atoms with van der Waals surface area (Å²) in [6, 6.07) is 8.39. The van der Waals surface area contributed by atoms with Crippen LogP contribution in [0.5, 0.6) is 0 Å². The molecule has 196 valence electrons. The number of anilines is 2. The second-order valence-corrected chi connectivity index (χ2v) is 11.5. The van der Waals surface area contributed by atoms with E-state index in [9.17, 15) is 9.90 Å². The van der Waals surface area contributed by atoms with Crippen LogP contribution >= 0.6 is 0 Å². The number of rotatable bonds is 5. The molecule has 4 rings (SSSR count). The lowest BCUT2D eigenvalue weighted by Gasteiger charge is -2.36. The Bertz CT molecular complexity index is 1050. The van der Waals surface area contributed by atoms with Gasteiger partial charge in [-0.3, -0.25) is 0 Å². The Balaban J connectivity index is 1.54. The largest absolute Gasteiger partial charge is 0.444 e. The van der Waals surface area contributed by atoms with E-state index >= 15 is 0 Å². The molecule has 2 fully saturated rings. The zero-order chi connectivity index (χ0) is 25.9. The number of aliphatic hydroxyl groups is 1. The number of nitrogens with zero attached hydrogens (tertiary/aromatic N) is 4. The smallest absolute Gasteiger partial charge is 0.410 e. The molecule has 2 aromatic heterocycles. The fourth-order valence-corrected chi connectivity index (χ4v) is 4.75. The Hall–Kier alpha value is -2.87. The minimum absolute atomic E-state index is 0.282. The van der Waals surface area contributed by atoms with Crippen molar-refractivity contribution in [3.8, 4) is 11.3 Å². The molecule has 8 nitrogen and oxygen atoms in total. The van der Waals surface area contributed by atoms with Crippen LogP contribution in [0.15, 0.2) is 30.5 Å². The number of carbonyl (C=O) groups is 1. The monoisotopic (exact) mass is 495 g/mol. The van der Waals surface area contributed by atoms with Gasteiger partial charge in [0.2, 0.25) is 0 Å². The molecule has 3 heterocycles. The number of hydrogen-bond acceptors (Lipinski definition) is 7. The molecule has 1 aliphatic heterocycles. The van der Waals surface area contributed by atoms with Gasteiger partial charge in [0.25, 0.3) is 0 Å². The maximum absolute atomic E-state index is 12.5. The number of hydrogen-bond donors (Lipinski definition) is 2. The molecule has 8 heteroatoms. The summed E-state index contributed by atoms with van der Waals surface area (Å²) in [5, 5.41) is 14.4. The maximum atomic E-state index is 12.5. The fraction of sp³-hybridized carbons (Fsp3) is 0.607. The van der Waals surface area contributed by atoms with Gasteiger partial charge in [-0.2, -0.15) is 0 Å². The molecule has 2 aromatic rings. The quantitative estimate of drug-likeness (QED) is 0.591. The van der Waals surface area contributed by atoms with Gasteiger partial charge < -0.3 is 25.0 Å². The lowest BCUT2D eigenvalue weighted by atomic mass is 9.95. The minimum Gasteiger partial charge on any atom is -0.444 e. The van der Waals surface area contributed by atoms with Gasteiger partial charge in [-0.05, 0) is 77.3 Å². The highest BCUT2D eigenvalue weighted by Gasteiger charge is 2.28. The summed E-state index contributed by atoms with van der Waals surface area (Å²) >= 11 is 0. The van der Waals surface area contributed by atoms with E-state index < -0.39 is 11.2 Å². The van der Waals surface area contributed by atoms with E-state index in [1.165, 1.54) is 32.1 Å². The Kier molecular flexibility index (Phi) is 7.73. The molecule has 0 radical (unpaired) electrons. The number of piperazine rings is 1. The van der Waals surface area contributed by atoms with Crippen molar-refractivity contribution in [2.45, 2.75) is 84.0 Å². The average Bonchev–Trinajstić information content (AvgIpc) is 2.83. The van der Waals surface area contributed by atoms with Crippen LogP contribution < -0.4 is 10.2 Å². The average molecular weight is 496 g/mol. The zero-order valence-electron chi connectivity index (χ0n) is 22.4. The minimum atomic E-state index is -1.01. The fourth-order valence-electron chi connectivity index (χ4n) is 4.75. The summed E-state index contributed by atoms with van der Waals surface area (Å²) in [6.45, 7) is 11.6. The van der Waals surface area contributed by atoms with E-state index in [4.69, 9.17) is 9.72 Å². The van der Waals surface area contributed by atoms with Crippen LogP contribution in [0.2, 0.25) is 0 Å². The second-order valence-electron chi connectivity index (χ2n) is 11.5. The second kappa shape index (κ2) is 10.6. The Morgan fingerprint density at radius 2 is 1.72 bits per heavy atom. The van der Waals surface area contributed by atoms with E-state index in [1.54, 1.807) is 18.7 Å². The van der Waals surface area contributed by atoms with E-state index in [-0.39, 0.29) is 6.09 Å². The van der Waals surface area contributed by atoms with Gasteiger partial charge in [-0.25, -0.2) is 14.8 Å². The first-order chi connectivity index (χ1) is 17.0. The molecular weight excluding hydrogens is 454 g/mol. The molecule has 0 unspecified atom stereocenters. The van der Waals surface area contributed by atoms with Crippen molar-refractivity contribution in [3.05, 3.63) is 36.0 Å². The first kappa shape index (κ1) is 26.2. The topological polar surface area (TPSA) is 90.8 Å². The van der Waals surface area contributed by atoms with Crippen molar-refractivity contribution >= 4 is 17.7 Å². The SMILES string of the molecule is CC(C)(C)OC(=O)N1CCN(c2cc(C(C)(C)O)cc(-c3ccnc(NC4CCCCC4)c3)n2)CC1. The molecule has 0 aromatic carbocycles. The van der Waals surface area contributed by atoms with Crippen LogP contribution in [0, 0.1) is 0 Å². The van der Waals surface area contributed by atoms with Crippen LogP contribution in [0.1, 0.15) is 72.3 Å². The van der Waals surface area contributed by atoms with Gasteiger partial charge in [0.05, 0.1) is 11.3 Å². The molecule has 2 N–H and O–H groups in total. The van der Waals surface area contributed by atoms with Gasteiger partial charge in [-0.1, -0.05) is 19.3 Å². The third-order valence-corrected chi connectivity index (χ3v) is 6.79. The number of aromatic nitrogens is 2. The lowest BCUT2D eigenvalue weighted by molar-refractivity contribution is 0.0240. The van der Waals surface area contributed by atoms with Crippen LogP contribution in [0.3, 0.4) is 0 Å². The summed E-state index contributed by atoms with van der Waals surface area (Å²) in [4.78, 5) is 25.9. The van der Waals surface area contributed by atoms with Crippen molar-refractivity contribution in [2.24, 2.45) is 0 Å². The molecule has 1 aliphatic carbocycles. The molecule has 1 amide bonds. The molecule has 0 atom stereocenters. The number of nitrogens with one attached hydrogen (secondary N) is 1. The number of carbonyl (C=O) groups excluding carboxylic acids is 1. The molecule has 36 heavy (non-hydrogen) atoms. The first-order valence-corrected chi connectivity index (χ1v) is 13.2. The number of amides is 1. The molecule has 2 aliphatic rings. The maximum Gasteiger partial charge on any atom is 0.410 e. The van der Waals surface area contributed by atoms with Gasteiger partial charge in [-0.15, -0.1) is 0 Å². The van der Waals surface area contributed by atoms with Crippen molar-refractivity contribution in [1.82, 2.24) is 14.9 Å². The predicted octanol–water partition coefficient (Wildman–Crippen LogP) is 5.17. The molecular formula is C28H41N5O3. The highest BCUT2D eigenvalue weighted by Crippen LogP contribution is 2.31. The molecule has 0 bridgehead atoms. The van der Waals surface area contributed by atoms with Crippen LogP contribution in [0.25, 0.3) is 11.3 Å². The van der Waals surface area contributed by atoms with Crippen molar-refractivity contribution in [1.29, 1.82) is 0 Å². The summed E-state index contributed by atoms with van der Waals surface area (Å²) < 4.78 is 5.53. The zero-order valence-corrected chi connectivity index (χ0v) is 22.4. The van der Waals surface area contributed by atoms with Gasteiger partial charge in [0.15, 0.2) is 0 Å². The normalized spacial score (nSPS) is 17.7. The summed E-state index contributed by atoms with van der Waals surface area (Å²) in [5.41, 5.74) is 1.04. The Morgan fingerprint density at radius 3 is 2.36 bits per heavy atom. The standard InChI is InChI=1S/C28H41N5O3/c1-27(2,3)36-26(34)33-15-13-32(14-16-33)25-19-21(28(4,5)35)18-23(31-25)20-11-12-29-24(17-20)30-22-9-7-6-8-10-22/h11-12,17-19,22,35H,6-10,13-16H2,1-5H3,(H,29,30). The van der Waals surface area contributed by atoms with Crippen LogP contribution in [-0.2, 0) is 10.3 Å². The van der Waals surface area contributed by atoms with E-state index in [2.05, 4.69) is 21.3 Å². The third kappa shape index (κ3) is 6.87. The van der Waals surface area contributed by atoms with Crippen molar-refractivity contribution < 1.29 is 14.6 Å². The Morgan fingerprint density at radius 1 is 1.03 bits per heavy atom. The van der Waals surface area contributed by atoms with E-state index in [0.29, 0.717) is 32.2 Å². The highest BCUT2D eigenvalue weighted by atomic mass is 16.6. The number of ether oxygens (including phenoxy) is 1. The number of pyridine rings is 2. The van der Waals surface area contributed by atoms with Crippen LogP contribution in [0.4, 0.5) is 16.4 Å².